The van der Waals surface area contributed by atoms with Gasteiger partial charge in [-0.3, -0.25) is 4.79 Å². The Morgan fingerprint density at radius 2 is 1.74 bits per heavy atom. The van der Waals surface area contributed by atoms with Gasteiger partial charge in [0.25, 0.3) is 0 Å². The van der Waals surface area contributed by atoms with Gasteiger partial charge >= 0.3 is 0 Å². The van der Waals surface area contributed by atoms with Crippen molar-refractivity contribution in [1.29, 1.82) is 0 Å². The molecule has 0 aliphatic heterocycles. The largest absolute Gasteiger partial charge is 0.340 e. The minimum absolute atomic E-state index is 0.0672. The number of rotatable bonds is 6. The molecule has 4 saturated carbocycles. The summed E-state index contributed by atoms with van der Waals surface area (Å²) in [6.07, 6.45) is 21.8. The van der Waals surface area contributed by atoms with E-state index in [1.807, 2.05) is 6.08 Å². The Labute approximate surface area is 191 Å². The highest BCUT2D eigenvalue weighted by molar-refractivity contribution is 5.87. The van der Waals surface area contributed by atoms with Crippen LogP contribution in [0, 0.1) is 39.4 Å². The normalized spacial score (nSPS) is 46.9. The van der Waals surface area contributed by atoms with Crippen molar-refractivity contribution in [3.05, 3.63) is 12.2 Å². The molecule has 7 atom stereocenters. The van der Waals surface area contributed by atoms with Gasteiger partial charge in [-0.15, -0.1) is 0 Å². The molecule has 0 bridgehead atoms. The van der Waals surface area contributed by atoms with E-state index in [4.69, 9.17) is 5.73 Å². The number of nitrogens with two attached hydrogens (primary N) is 1. The predicted octanol–water partition coefficient (Wildman–Crippen LogP) is 6.57. The van der Waals surface area contributed by atoms with E-state index in [9.17, 15) is 4.79 Å². The molecule has 0 aromatic carbocycles. The van der Waals surface area contributed by atoms with E-state index < -0.39 is 0 Å². The summed E-state index contributed by atoms with van der Waals surface area (Å²) < 4.78 is 0. The van der Waals surface area contributed by atoms with Crippen LogP contribution in [0.4, 0.5) is 0 Å². The third-order valence-corrected chi connectivity index (χ3v) is 11.8. The van der Waals surface area contributed by atoms with E-state index in [0.29, 0.717) is 21.7 Å². The Morgan fingerprint density at radius 3 is 2.52 bits per heavy atom. The minimum Gasteiger partial charge on any atom is -0.340 e. The van der Waals surface area contributed by atoms with Crippen LogP contribution < -0.4 is 11.1 Å². The number of hydrogen-bond donors (Lipinski definition) is 2. The van der Waals surface area contributed by atoms with Crippen molar-refractivity contribution in [3.63, 3.8) is 0 Å². The highest BCUT2D eigenvalue weighted by atomic mass is 16.1. The molecule has 4 aliphatic carbocycles. The van der Waals surface area contributed by atoms with Gasteiger partial charge in [0.1, 0.15) is 0 Å². The lowest BCUT2D eigenvalue weighted by atomic mass is 9.35. The summed E-state index contributed by atoms with van der Waals surface area (Å²) in [6, 6.07) is 0. The van der Waals surface area contributed by atoms with Crippen molar-refractivity contribution in [1.82, 2.24) is 5.32 Å². The molecule has 0 heterocycles. The number of carbonyl (C=O) groups is 1. The molecule has 31 heavy (non-hydrogen) atoms. The van der Waals surface area contributed by atoms with Gasteiger partial charge in [0.15, 0.2) is 0 Å². The molecule has 4 rings (SSSR count). The molecule has 4 aliphatic rings. The van der Waals surface area contributed by atoms with Crippen molar-refractivity contribution in [2.45, 2.75) is 111 Å². The maximum atomic E-state index is 11.5. The molecule has 176 valence electrons. The van der Waals surface area contributed by atoms with Gasteiger partial charge < -0.3 is 11.1 Å². The Bertz CT molecular complexity index is 703. The molecule has 1 amide bonds. The summed E-state index contributed by atoms with van der Waals surface area (Å²) >= 11 is 0. The summed E-state index contributed by atoms with van der Waals surface area (Å²) in [4.78, 5) is 11.5. The lowest BCUT2D eigenvalue weighted by molar-refractivity contribution is -0.209. The average molecular weight is 429 g/mol. The molecule has 0 aromatic rings. The molecule has 3 heteroatoms. The molecule has 0 aromatic heterocycles. The minimum atomic E-state index is -0.0672. The zero-order valence-electron chi connectivity index (χ0n) is 20.8. The highest BCUT2D eigenvalue weighted by Gasteiger charge is 2.67. The van der Waals surface area contributed by atoms with Crippen LogP contribution in [-0.4, -0.2) is 12.6 Å². The zero-order valence-corrected chi connectivity index (χ0v) is 20.8. The van der Waals surface area contributed by atoms with E-state index in [0.717, 1.165) is 24.2 Å². The predicted molar refractivity (Wildman–Crippen MR) is 129 cm³/mol. The summed E-state index contributed by atoms with van der Waals surface area (Å²) in [7, 11) is 0. The number of hydrogen-bond acceptors (Lipinski definition) is 2. The lowest BCUT2D eigenvalue weighted by Crippen LogP contribution is -2.62. The maximum absolute atomic E-state index is 11.5. The first-order valence-corrected chi connectivity index (χ1v) is 13.3. The van der Waals surface area contributed by atoms with Gasteiger partial charge in [0.05, 0.1) is 6.67 Å². The van der Waals surface area contributed by atoms with Crippen LogP contribution in [0.5, 0.6) is 0 Å². The lowest BCUT2D eigenvalue weighted by Gasteiger charge is -2.70. The van der Waals surface area contributed by atoms with Gasteiger partial charge in [-0.05, 0) is 116 Å². The Balaban J connectivity index is 1.42. The second kappa shape index (κ2) is 8.50. The van der Waals surface area contributed by atoms with Crippen molar-refractivity contribution < 1.29 is 4.79 Å². The number of fused-ring (bicyclic) bond motifs is 5. The van der Waals surface area contributed by atoms with Crippen molar-refractivity contribution in [2.75, 3.05) is 6.67 Å². The Kier molecular flexibility index (Phi) is 6.40. The van der Waals surface area contributed by atoms with Gasteiger partial charge in [-0.25, -0.2) is 0 Å². The third kappa shape index (κ3) is 3.62. The first-order chi connectivity index (χ1) is 14.7. The van der Waals surface area contributed by atoms with Crippen LogP contribution in [0.25, 0.3) is 0 Å². The van der Waals surface area contributed by atoms with Crippen LogP contribution in [0.15, 0.2) is 12.2 Å². The topological polar surface area (TPSA) is 55.1 Å². The number of allylic oxidation sites excluding steroid dienone is 1. The quantitative estimate of drug-likeness (QED) is 0.285. The molecule has 3 nitrogen and oxygen atoms in total. The van der Waals surface area contributed by atoms with Crippen LogP contribution >= 0.6 is 0 Å². The van der Waals surface area contributed by atoms with Crippen LogP contribution in [0.3, 0.4) is 0 Å². The number of unbranched alkanes of at least 4 members (excludes halogenated alkanes) is 1. The van der Waals surface area contributed by atoms with Crippen molar-refractivity contribution >= 4 is 5.91 Å². The second-order valence-corrected chi connectivity index (χ2v) is 12.6. The van der Waals surface area contributed by atoms with Crippen molar-refractivity contribution in [3.8, 4) is 0 Å². The van der Waals surface area contributed by atoms with Crippen LogP contribution in [0.2, 0.25) is 0 Å². The van der Waals surface area contributed by atoms with Crippen LogP contribution in [-0.2, 0) is 4.79 Å². The van der Waals surface area contributed by atoms with Crippen LogP contribution in [0.1, 0.15) is 111 Å². The number of nitrogens with one attached hydrogen (secondary N) is 1. The van der Waals surface area contributed by atoms with Gasteiger partial charge in [-0.2, -0.15) is 0 Å². The summed E-state index contributed by atoms with van der Waals surface area (Å²) in [5.41, 5.74) is 7.56. The average Bonchev–Trinajstić information content (AvgIpc) is 3.06. The van der Waals surface area contributed by atoms with E-state index in [1.54, 1.807) is 6.08 Å². The third-order valence-electron chi connectivity index (χ3n) is 11.8. The van der Waals surface area contributed by atoms with E-state index >= 15 is 0 Å². The van der Waals surface area contributed by atoms with E-state index in [-0.39, 0.29) is 12.6 Å². The zero-order chi connectivity index (χ0) is 22.3. The first-order valence-electron chi connectivity index (χ1n) is 13.3. The Morgan fingerprint density at radius 1 is 0.968 bits per heavy atom. The SMILES string of the molecule is CC12CCC3(C)C(CCC4(C)CCCCC43C)C1CCC2CCC/C=C/C(=O)NCN. The Hall–Kier alpha value is -0.830. The molecule has 0 radical (unpaired) electrons. The molecule has 4 fully saturated rings. The molecule has 0 spiro atoms. The molecular weight excluding hydrogens is 380 g/mol. The second-order valence-electron chi connectivity index (χ2n) is 12.6. The highest BCUT2D eigenvalue weighted by Crippen LogP contribution is 2.75. The van der Waals surface area contributed by atoms with E-state index in [1.165, 1.54) is 77.0 Å². The molecule has 3 N–H and O–H groups in total. The number of carbonyl (C=O) groups excluding carboxylic acids is 1. The fraction of sp³-hybridized carbons (Fsp3) is 0.893. The van der Waals surface area contributed by atoms with Gasteiger partial charge in [0.2, 0.25) is 5.91 Å². The number of amides is 1. The monoisotopic (exact) mass is 428 g/mol. The smallest absolute Gasteiger partial charge is 0.244 e. The van der Waals surface area contributed by atoms with Gasteiger partial charge in [0, 0.05) is 0 Å². The fourth-order valence-electron chi connectivity index (χ4n) is 9.48. The molecular formula is C28H48N2O. The maximum Gasteiger partial charge on any atom is 0.244 e. The van der Waals surface area contributed by atoms with Crippen molar-refractivity contribution in [2.24, 2.45) is 45.1 Å². The van der Waals surface area contributed by atoms with E-state index in [2.05, 4.69) is 33.0 Å². The first kappa shape index (κ1) is 23.3. The molecule has 0 saturated heterocycles. The standard InChI is InChI=1S/C28H48N2O/c1-25-15-8-9-16-28(25,4)27(3)19-18-26(2)21(12-13-22(26)23(27)14-17-25)10-6-5-7-11-24(31)30-20-29/h7,11,21-23H,5-6,8-10,12-20,29H2,1-4H3,(H,30,31)/b11-7+. The summed E-state index contributed by atoms with van der Waals surface area (Å²) in [6.45, 7) is 11.0. The summed E-state index contributed by atoms with van der Waals surface area (Å²) in [5.74, 6) is 2.68. The van der Waals surface area contributed by atoms with Gasteiger partial charge in [-0.1, -0.05) is 46.6 Å². The summed E-state index contributed by atoms with van der Waals surface area (Å²) in [5, 5.41) is 2.63. The molecule has 7 unspecified atom stereocenters. The fourth-order valence-corrected chi connectivity index (χ4v) is 9.48.